The van der Waals surface area contributed by atoms with Crippen LogP contribution in [0.2, 0.25) is 0 Å². The van der Waals surface area contributed by atoms with Crippen LogP contribution in [0.5, 0.6) is 0 Å². The number of nitrogen functional groups attached to an aromatic ring is 1. The molecule has 6 heterocycles. The SMILES string of the molecule is Nc1nc2c(-c3cnn(CC(F)(F)F)c3)cc(-c3cnn(C(c4ccc(C(F)(F)F)nc4)C4CCOCC4)c3)cn2n1. The van der Waals surface area contributed by atoms with Gasteiger partial charge in [-0.25, -0.2) is 4.52 Å². The number of nitrogens with zero attached hydrogens (tertiary/aromatic N) is 8. The number of hydrogen-bond acceptors (Lipinski definition) is 7. The van der Waals surface area contributed by atoms with Crippen molar-refractivity contribution in [2.75, 3.05) is 18.9 Å². The van der Waals surface area contributed by atoms with Gasteiger partial charge in [0.1, 0.15) is 12.2 Å². The molecule has 0 spiro atoms. The third-order valence-electron chi connectivity index (χ3n) is 7.09. The molecule has 1 aliphatic heterocycles. The molecule has 10 nitrogen and oxygen atoms in total. The average Bonchev–Trinajstić information content (AvgIpc) is 3.67. The van der Waals surface area contributed by atoms with E-state index in [2.05, 4.69) is 25.3 Å². The molecule has 0 bridgehead atoms. The summed E-state index contributed by atoms with van der Waals surface area (Å²) in [6.07, 6.45) is 1.16. The van der Waals surface area contributed by atoms with Gasteiger partial charge in [-0.3, -0.25) is 14.3 Å². The Bertz CT molecular complexity index is 1700. The van der Waals surface area contributed by atoms with E-state index in [1.54, 1.807) is 29.3 Å². The summed E-state index contributed by atoms with van der Waals surface area (Å²) in [7, 11) is 0. The van der Waals surface area contributed by atoms with Crippen molar-refractivity contribution in [2.45, 2.75) is 37.8 Å². The van der Waals surface area contributed by atoms with Crippen LogP contribution >= 0.6 is 0 Å². The molecule has 5 aromatic heterocycles. The van der Waals surface area contributed by atoms with Crippen molar-refractivity contribution in [1.29, 1.82) is 0 Å². The molecule has 1 unspecified atom stereocenters. The number of fused-ring (bicyclic) bond motifs is 1. The standard InChI is InChI=1S/C26H23F6N9O/c27-25(28,29)14-39-11-19(10-35-39)20-7-17(12-41-23(20)37-24(33)38-41)18-9-36-40(13-18)22(15-3-5-42-6-4-15)16-1-2-21(34-8-16)26(30,31)32/h1-2,7-13,15,22H,3-6,14H2,(H2,33,38). The Kier molecular flexibility index (Phi) is 6.87. The minimum absolute atomic E-state index is 0.0256. The summed E-state index contributed by atoms with van der Waals surface area (Å²) in [5.41, 5.74) is 7.80. The number of nitrogens with two attached hydrogens (primary N) is 1. The largest absolute Gasteiger partial charge is 0.433 e. The molecular weight excluding hydrogens is 568 g/mol. The summed E-state index contributed by atoms with van der Waals surface area (Å²) in [4.78, 5) is 7.87. The minimum Gasteiger partial charge on any atom is -0.381 e. The van der Waals surface area contributed by atoms with Crippen molar-refractivity contribution in [3.8, 4) is 22.3 Å². The van der Waals surface area contributed by atoms with Crippen LogP contribution in [0.15, 0.2) is 55.4 Å². The molecule has 6 rings (SSSR count). The van der Waals surface area contributed by atoms with Crippen molar-refractivity contribution >= 4 is 11.6 Å². The van der Waals surface area contributed by atoms with Crippen molar-refractivity contribution < 1.29 is 31.1 Å². The smallest absolute Gasteiger partial charge is 0.381 e. The van der Waals surface area contributed by atoms with E-state index in [0.29, 0.717) is 59.5 Å². The van der Waals surface area contributed by atoms with E-state index < -0.39 is 30.6 Å². The van der Waals surface area contributed by atoms with Gasteiger partial charge in [0.2, 0.25) is 5.95 Å². The first-order chi connectivity index (χ1) is 19.9. The van der Waals surface area contributed by atoms with Gasteiger partial charge in [0.05, 0.1) is 18.4 Å². The van der Waals surface area contributed by atoms with Crippen molar-refractivity contribution in [1.82, 2.24) is 39.1 Å². The van der Waals surface area contributed by atoms with Gasteiger partial charge in [-0.2, -0.15) is 41.5 Å². The third-order valence-corrected chi connectivity index (χ3v) is 7.09. The van der Waals surface area contributed by atoms with Crippen LogP contribution in [-0.2, 0) is 17.5 Å². The predicted molar refractivity (Wildman–Crippen MR) is 137 cm³/mol. The summed E-state index contributed by atoms with van der Waals surface area (Å²) < 4.78 is 87.6. The molecule has 1 atom stereocenters. The van der Waals surface area contributed by atoms with Gasteiger partial charge in [0, 0.05) is 60.3 Å². The molecule has 5 aromatic rings. The van der Waals surface area contributed by atoms with Crippen molar-refractivity contribution in [2.24, 2.45) is 5.92 Å². The first-order valence-corrected chi connectivity index (χ1v) is 12.9. The van der Waals surface area contributed by atoms with E-state index in [-0.39, 0.29) is 11.9 Å². The molecule has 0 saturated carbocycles. The highest BCUT2D eigenvalue weighted by Gasteiger charge is 2.34. The van der Waals surface area contributed by atoms with Gasteiger partial charge >= 0.3 is 12.4 Å². The Hall–Kier alpha value is -4.47. The van der Waals surface area contributed by atoms with Crippen LogP contribution in [0, 0.1) is 5.92 Å². The second kappa shape index (κ2) is 10.4. The zero-order valence-electron chi connectivity index (χ0n) is 21.7. The fraction of sp³-hybridized carbons (Fsp3) is 0.346. The Labute approximate surface area is 233 Å². The lowest BCUT2D eigenvalue weighted by atomic mass is 9.87. The van der Waals surface area contributed by atoms with Crippen LogP contribution in [0.25, 0.3) is 27.9 Å². The first kappa shape index (κ1) is 27.7. The lowest BCUT2D eigenvalue weighted by Gasteiger charge is -2.30. The normalized spacial score (nSPS) is 15.9. The third kappa shape index (κ3) is 5.66. The van der Waals surface area contributed by atoms with Crippen LogP contribution in [0.1, 0.15) is 30.1 Å². The second-order valence-corrected chi connectivity index (χ2v) is 10.0. The molecule has 1 fully saturated rings. The maximum absolute atomic E-state index is 13.2. The van der Waals surface area contributed by atoms with E-state index in [4.69, 9.17) is 10.5 Å². The molecular formula is C26H23F6N9O. The minimum atomic E-state index is -4.56. The maximum Gasteiger partial charge on any atom is 0.433 e. The van der Waals surface area contributed by atoms with Gasteiger partial charge in [-0.05, 0) is 36.5 Å². The van der Waals surface area contributed by atoms with E-state index in [1.807, 2.05) is 0 Å². The van der Waals surface area contributed by atoms with Gasteiger partial charge in [0.25, 0.3) is 0 Å². The fourth-order valence-electron chi connectivity index (χ4n) is 5.21. The number of pyridine rings is 2. The molecule has 0 aromatic carbocycles. The average molecular weight is 592 g/mol. The molecule has 0 aliphatic carbocycles. The zero-order valence-corrected chi connectivity index (χ0v) is 21.7. The Morgan fingerprint density at radius 3 is 2.38 bits per heavy atom. The van der Waals surface area contributed by atoms with E-state index in [0.717, 1.165) is 10.7 Å². The summed E-state index contributed by atoms with van der Waals surface area (Å²) in [6.45, 7) is -0.227. The number of aromatic nitrogens is 8. The Morgan fingerprint density at radius 2 is 1.69 bits per heavy atom. The lowest BCUT2D eigenvalue weighted by Crippen LogP contribution is -2.27. The van der Waals surface area contributed by atoms with Crippen LogP contribution in [0.4, 0.5) is 32.3 Å². The van der Waals surface area contributed by atoms with Gasteiger partial charge in [0.15, 0.2) is 5.65 Å². The Morgan fingerprint density at radius 1 is 0.929 bits per heavy atom. The van der Waals surface area contributed by atoms with E-state index in [9.17, 15) is 26.3 Å². The van der Waals surface area contributed by atoms with Gasteiger partial charge < -0.3 is 10.5 Å². The summed E-state index contributed by atoms with van der Waals surface area (Å²) in [5, 5.41) is 12.6. The number of ether oxygens (including phenoxy) is 1. The fourth-order valence-corrected chi connectivity index (χ4v) is 5.21. The summed E-state index contributed by atoms with van der Waals surface area (Å²) in [6, 6.07) is 3.69. The maximum atomic E-state index is 13.2. The summed E-state index contributed by atoms with van der Waals surface area (Å²) in [5.74, 6) is -0.00109. The van der Waals surface area contributed by atoms with Gasteiger partial charge in [-0.1, -0.05) is 6.07 Å². The number of hydrogen-bond donors (Lipinski definition) is 1. The molecule has 1 aliphatic rings. The van der Waals surface area contributed by atoms with E-state index in [1.165, 1.54) is 29.2 Å². The lowest BCUT2D eigenvalue weighted by molar-refractivity contribution is -0.143. The number of halogens is 6. The van der Waals surface area contributed by atoms with Crippen LogP contribution in [0.3, 0.4) is 0 Å². The predicted octanol–water partition coefficient (Wildman–Crippen LogP) is 5.03. The van der Waals surface area contributed by atoms with Crippen molar-refractivity contribution in [3.05, 3.63) is 66.6 Å². The summed E-state index contributed by atoms with van der Waals surface area (Å²) >= 11 is 0. The molecule has 1 saturated heterocycles. The molecule has 2 N–H and O–H groups in total. The Balaban J connectivity index is 1.39. The number of anilines is 1. The highest BCUT2D eigenvalue weighted by molar-refractivity contribution is 5.81. The van der Waals surface area contributed by atoms with Gasteiger partial charge in [-0.15, -0.1) is 5.10 Å². The van der Waals surface area contributed by atoms with E-state index >= 15 is 0 Å². The monoisotopic (exact) mass is 591 g/mol. The van der Waals surface area contributed by atoms with Crippen LogP contribution in [-0.4, -0.2) is 58.5 Å². The molecule has 0 amide bonds. The first-order valence-electron chi connectivity index (χ1n) is 12.9. The highest BCUT2D eigenvalue weighted by atomic mass is 19.4. The number of alkyl halides is 6. The zero-order chi connectivity index (χ0) is 29.6. The van der Waals surface area contributed by atoms with Crippen LogP contribution < -0.4 is 5.73 Å². The molecule has 220 valence electrons. The molecule has 42 heavy (non-hydrogen) atoms. The highest BCUT2D eigenvalue weighted by Crippen LogP contribution is 2.36. The quantitative estimate of drug-likeness (QED) is 0.276. The molecule has 16 heteroatoms. The number of rotatable bonds is 6. The van der Waals surface area contributed by atoms with Crippen molar-refractivity contribution in [3.63, 3.8) is 0 Å². The second-order valence-electron chi connectivity index (χ2n) is 10.0. The topological polar surface area (TPSA) is 114 Å². The molecule has 0 radical (unpaired) electrons.